The van der Waals surface area contributed by atoms with E-state index in [9.17, 15) is 22.0 Å². The van der Waals surface area contributed by atoms with Gasteiger partial charge in [0.2, 0.25) is 0 Å². The predicted octanol–water partition coefficient (Wildman–Crippen LogP) is 4.00. The fourth-order valence-corrected chi connectivity index (χ4v) is 1.48. The van der Waals surface area contributed by atoms with Gasteiger partial charge in [0.15, 0.2) is 0 Å². The molecule has 0 spiro atoms. The van der Waals surface area contributed by atoms with Gasteiger partial charge in [-0.15, -0.1) is 0 Å². The molecule has 0 saturated heterocycles. The van der Waals surface area contributed by atoms with Gasteiger partial charge in [0.1, 0.15) is 5.69 Å². The molecule has 0 saturated carbocycles. The Labute approximate surface area is 86.9 Å². The first-order valence-corrected chi connectivity index (χ1v) is 4.13. The second kappa shape index (κ2) is 3.92. The number of nitrogens with zero attached hydrogens (tertiary/aromatic N) is 1. The van der Waals surface area contributed by atoms with Crippen LogP contribution in [0.4, 0.5) is 22.0 Å². The number of hydrogen-bond acceptors (Lipinski definition) is 1. The monoisotopic (exact) mass is 245 g/mol. The highest BCUT2D eigenvalue weighted by atomic mass is 35.5. The highest BCUT2D eigenvalue weighted by molar-refractivity contribution is 6.32. The van der Waals surface area contributed by atoms with Crippen LogP contribution in [0.25, 0.3) is 0 Å². The maximum Gasteiger partial charge on any atom is 0.418 e. The third-order valence-corrected chi connectivity index (χ3v) is 2.11. The molecule has 0 aliphatic carbocycles. The summed E-state index contributed by atoms with van der Waals surface area (Å²) in [5, 5.41) is -1.03. The Morgan fingerprint density at radius 2 is 1.87 bits per heavy atom. The molecule has 0 radical (unpaired) electrons. The Hall–Kier alpha value is -0.910. The van der Waals surface area contributed by atoms with Gasteiger partial charge >= 0.3 is 6.18 Å². The number of alkyl halides is 5. The van der Waals surface area contributed by atoms with Crippen LogP contribution in [0.2, 0.25) is 5.02 Å². The van der Waals surface area contributed by atoms with Gasteiger partial charge in [0.05, 0.1) is 10.6 Å². The Kier molecular flexibility index (Phi) is 3.18. The molecule has 0 unspecified atom stereocenters. The maximum absolute atomic E-state index is 12.4. The zero-order valence-corrected chi connectivity index (χ0v) is 8.13. The normalized spacial score (nSPS) is 12.3. The number of aryl methyl sites for hydroxylation is 1. The van der Waals surface area contributed by atoms with Crippen molar-refractivity contribution >= 4 is 11.6 Å². The molecule has 0 aromatic carbocycles. The third-order valence-electron chi connectivity index (χ3n) is 1.73. The van der Waals surface area contributed by atoms with Crippen molar-refractivity contribution in [3.8, 4) is 0 Å². The zero-order chi connectivity index (χ0) is 11.8. The zero-order valence-electron chi connectivity index (χ0n) is 7.37. The summed E-state index contributed by atoms with van der Waals surface area (Å²) >= 11 is 5.23. The van der Waals surface area contributed by atoms with Gasteiger partial charge in [-0.1, -0.05) is 11.6 Å². The molecular weight excluding hydrogens is 241 g/mol. The number of hydrogen-bond donors (Lipinski definition) is 0. The molecule has 1 rings (SSSR count). The summed E-state index contributed by atoms with van der Waals surface area (Å²) < 4.78 is 61.6. The lowest BCUT2D eigenvalue weighted by Crippen LogP contribution is -2.11. The van der Waals surface area contributed by atoms with Gasteiger partial charge in [-0.2, -0.15) is 13.2 Å². The van der Waals surface area contributed by atoms with Crippen molar-refractivity contribution in [2.24, 2.45) is 0 Å². The van der Waals surface area contributed by atoms with Crippen LogP contribution in [-0.2, 0) is 6.18 Å². The standard InChI is InChI=1S/C8H5ClF5N/c1-3-2-15-6(7(10)11)5(9)4(3)8(12,13)14/h2,7H,1H3. The van der Waals surface area contributed by atoms with Crippen LogP contribution in [0.3, 0.4) is 0 Å². The van der Waals surface area contributed by atoms with Gasteiger partial charge in [-0.25, -0.2) is 8.78 Å². The highest BCUT2D eigenvalue weighted by Crippen LogP contribution is 2.39. The minimum Gasteiger partial charge on any atom is -0.253 e. The van der Waals surface area contributed by atoms with Crippen molar-refractivity contribution in [2.45, 2.75) is 19.5 Å². The Morgan fingerprint density at radius 1 is 1.33 bits per heavy atom. The predicted molar refractivity (Wildman–Crippen MR) is 43.9 cm³/mol. The Balaban J connectivity index is 3.44. The Morgan fingerprint density at radius 3 is 2.27 bits per heavy atom. The Bertz CT molecular complexity index is 374. The van der Waals surface area contributed by atoms with Crippen molar-refractivity contribution in [2.75, 3.05) is 0 Å². The van der Waals surface area contributed by atoms with Crippen LogP contribution in [0.5, 0.6) is 0 Å². The summed E-state index contributed by atoms with van der Waals surface area (Å²) in [5.74, 6) is 0. The molecule has 1 heterocycles. The lowest BCUT2D eigenvalue weighted by Gasteiger charge is -2.13. The van der Waals surface area contributed by atoms with Gasteiger partial charge in [-0.3, -0.25) is 4.98 Å². The van der Waals surface area contributed by atoms with Crippen molar-refractivity contribution in [1.82, 2.24) is 4.98 Å². The van der Waals surface area contributed by atoms with E-state index in [-0.39, 0.29) is 5.56 Å². The van der Waals surface area contributed by atoms with Crippen LogP contribution < -0.4 is 0 Å². The lowest BCUT2D eigenvalue weighted by molar-refractivity contribution is -0.138. The largest absolute Gasteiger partial charge is 0.418 e. The first-order valence-electron chi connectivity index (χ1n) is 3.75. The molecule has 15 heavy (non-hydrogen) atoms. The van der Waals surface area contributed by atoms with E-state index in [1.165, 1.54) is 0 Å². The quantitative estimate of drug-likeness (QED) is 0.682. The van der Waals surface area contributed by atoms with Crippen molar-refractivity contribution in [3.05, 3.63) is 28.0 Å². The minimum atomic E-state index is -4.76. The van der Waals surface area contributed by atoms with Crippen molar-refractivity contribution < 1.29 is 22.0 Å². The molecular formula is C8H5ClF5N. The lowest BCUT2D eigenvalue weighted by atomic mass is 10.1. The first-order chi connectivity index (χ1) is 6.75. The first kappa shape index (κ1) is 12.2. The summed E-state index contributed by atoms with van der Waals surface area (Å²) in [5.41, 5.74) is -2.58. The number of aromatic nitrogens is 1. The van der Waals surface area contributed by atoms with Crippen LogP contribution in [0.1, 0.15) is 23.2 Å². The van der Waals surface area contributed by atoms with Gasteiger partial charge in [0, 0.05) is 6.20 Å². The number of pyridine rings is 1. The molecule has 7 heteroatoms. The summed E-state index contributed by atoms with van der Waals surface area (Å²) in [4.78, 5) is 3.17. The van der Waals surface area contributed by atoms with Gasteiger partial charge in [0.25, 0.3) is 6.43 Å². The van der Waals surface area contributed by atoms with Crippen LogP contribution in [0.15, 0.2) is 6.20 Å². The molecule has 1 aromatic heterocycles. The molecule has 0 atom stereocenters. The van der Waals surface area contributed by atoms with E-state index in [0.717, 1.165) is 13.1 Å². The summed E-state index contributed by atoms with van der Waals surface area (Å²) in [6, 6.07) is 0. The number of rotatable bonds is 1. The fourth-order valence-electron chi connectivity index (χ4n) is 1.09. The second-order valence-electron chi connectivity index (χ2n) is 2.81. The SMILES string of the molecule is Cc1cnc(C(F)F)c(Cl)c1C(F)(F)F. The summed E-state index contributed by atoms with van der Waals surface area (Å²) in [7, 11) is 0. The van der Waals surface area contributed by atoms with E-state index in [0.29, 0.717) is 0 Å². The summed E-state index contributed by atoms with van der Waals surface area (Å²) in [6.45, 7) is 1.11. The average Bonchev–Trinajstić information content (AvgIpc) is 2.00. The van der Waals surface area contributed by atoms with Crippen molar-refractivity contribution in [1.29, 1.82) is 0 Å². The van der Waals surface area contributed by atoms with Crippen LogP contribution in [0, 0.1) is 6.92 Å². The van der Waals surface area contributed by atoms with E-state index in [2.05, 4.69) is 4.98 Å². The second-order valence-corrected chi connectivity index (χ2v) is 3.19. The summed E-state index contributed by atoms with van der Waals surface area (Å²) in [6.07, 6.45) is -7.15. The molecule has 1 nitrogen and oxygen atoms in total. The molecule has 0 N–H and O–H groups in total. The molecule has 0 fully saturated rings. The van der Waals surface area contributed by atoms with E-state index >= 15 is 0 Å². The van der Waals surface area contributed by atoms with E-state index in [1.54, 1.807) is 0 Å². The van der Waals surface area contributed by atoms with Crippen LogP contribution in [-0.4, -0.2) is 4.98 Å². The van der Waals surface area contributed by atoms with E-state index in [1.807, 2.05) is 0 Å². The minimum absolute atomic E-state index is 0.281. The number of halogens is 6. The highest BCUT2D eigenvalue weighted by Gasteiger charge is 2.37. The van der Waals surface area contributed by atoms with E-state index < -0.39 is 28.9 Å². The third kappa shape index (κ3) is 2.37. The van der Waals surface area contributed by atoms with Gasteiger partial charge in [-0.05, 0) is 12.5 Å². The molecule has 0 aliphatic heterocycles. The average molecular weight is 246 g/mol. The van der Waals surface area contributed by atoms with E-state index in [4.69, 9.17) is 11.6 Å². The maximum atomic E-state index is 12.4. The smallest absolute Gasteiger partial charge is 0.253 e. The topological polar surface area (TPSA) is 12.9 Å². The molecule has 0 amide bonds. The molecule has 1 aromatic rings. The molecule has 84 valence electrons. The fraction of sp³-hybridized carbons (Fsp3) is 0.375. The molecule has 0 aliphatic rings. The van der Waals surface area contributed by atoms with Crippen molar-refractivity contribution in [3.63, 3.8) is 0 Å². The van der Waals surface area contributed by atoms with Crippen LogP contribution >= 0.6 is 11.6 Å². The van der Waals surface area contributed by atoms with Gasteiger partial charge < -0.3 is 0 Å². The molecule has 0 bridgehead atoms.